The minimum Gasteiger partial charge on any atom is -0.426 e. The van der Waals surface area contributed by atoms with E-state index in [1.165, 1.54) is 115 Å². The fourth-order valence-corrected chi connectivity index (χ4v) is 5.16. The standard InChI is InChI=1S/C34H60O2/c1-5-8-11-14-16-17-20-23-30-34(4,29-22-19-15-12-9-6-2)33(35)36-32-27-25-31(26-28-32)24-21-18-13-10-7-3/h25-28H,5-24,29-30H2,1-4H3. The smallest absolute Gasteiger partial charge is 0.317 e. The summed E-state index contributed by atoms with van der Waals surface area (Å²) in [6, 6.07) is 8.29. The Labute approximate surface area is 225 Å². The normalized spacial score (nSPS) is 13.0. The van der Waals surface area contributed by atoms with Gasteiger partial charge < -0.3 is 4.74 Å². The molecule has 0 aliphatic carbocycles. The summed E-state index contributed by atoms with van der Waals surface area (Å²) in [7, 11) is 0. The van der Waals surface area contributed by atoms with Crippen molar-refractivity contribution < 1.29 is 9.53 Å². The molecule has 0 aliphatic rings. The lowest BCUT2D eigenvalue weighted by atomic mass is 9.79. The summed E-state index contributed by atoms with van der Waals surface area (Å²) < 4.78 is 5.97. The van der Waals surface area contributed by atoms with Gasteiger partial charge in [0.1, 0.15) is 5.75 Å². The predicted octanol–water partition coefficient (Wildman–Crippen LogP) is 11.4. The van der Waals surface area contributed by atoms with Crippen molar-refractivity contribution in [3.05, 3.63) is 29.8 Å². The summed E-state index contributed by atoms with van der Waals surface area (Å²) in [6.45, 7) is 8.95. The van der Waals surface area contributed by atoms with Gasteiger partial charge in [-0.2, -0.15) is 0 Å². The fourth-order valence-electron chi connectivity index (χ4n) is 5.16. The second-order valence-electron chi connectivity index (χ2n) is 11.5. The summed E-state index contributed by atoms with van der Waals surface area (Å²) in [6.07, 6.45) is 27.5. The van der Waals surface area contributed by atoms with Gasteiger partial charge in [-0.3, -0.25) is 4.79 Å². The summed E-state index contributed by atoms with van der Waals surface area (Å²) in [5, 5.41) is 0. The summed E-state index contributed by atoms with van der Waals surface area (Å²) >= 11 is 0. The molecule has 0 spiro atoms. The van der Waals surface area contributed by atoms with Gasteiger partial charge in [0.15, 0.2) is 0 Å². The molecule has 1 aromatic rings. The van der Waals surface area contributed by atoms with E-state index in [0.717, 1.165) is 32.1 Å². The average Bonchev–Trinajstić information content (AvgIpc) is 2.88. The molecule has 0 heterocycles. The highest BCUT2D eigenvalue weighted by molar-refractivity contribution is 5.78. The van der Waals surface area contributed by atoms with E-state index in [1.54, 1.807) is 0 Å². The van der Waals surface area contributed by atoms with Crippen molar-refractivity contribution >= 4 is 5.97 Å². The maximum Gasteiger partial charge on any atom is 0.317 e. The Hall–Kier alpha value is -1.31. The van der Waals surface area contributed by atoms with Crippen LogP contribution in [0.5, 0.6) is 5.75 Å². The number of hydrogen-bond donors (Lipinski definition) is 0. The van der Waals surface area contributed by atoms with Crippen molar-refractivity contribution in [2.75, 3.05) is 0 Å². The summed E-state index contributed by atoms with van der Waals surface area (Å²) in [4.78, 5) is 13.4. The minimum atomic E-state index is -0.370. The van der Waals surface area contributed by atoms with E-state index in [9.17, 15) is 4.79 Å². The molecule has 1 rings (SSSR count). The monoisotopic (exact) mass is 500 g/mol. The van der Waals surface area contributed by atoms with Crippen LogP contribution in [0.2, 0.25) is 0 Å². The lowest BCUT2D eigenvalue weighted by Gasteiger charge is -2.27. The van der Waals surface area contributed by atoms with E-state index < -0.39 is 0 Å². The van der Waals surface area contributed by atoms with Crippen LogP contribution in [0, 0.1) is 5.41 Å². The first-order valence-corrected chi connectivity index (χ1v) is 15.9. The van der Waals surface area contributed by atoms with Crippen LogP contribution < -0.4 is 4.74 Å². The number of esters is 1. The van der Waals surface area contributed by atoms with Gasteiger partial charge >= 0.3 is 5.97 Å². The zero-order valence-corrected chi connectivity index (χ0v) is 24.7. The summed E-state index contributed by atoms with van der Waals surface area (Å²) in [5.41, 5.74) is 0.977. The highest BCUT2D eigenvalue weighted by Gasteiger charge is 2.34. The van der Waals surface area contributed by atoms with E-state index in [1.807, 2.05) is 12.1 Å². The van der Waals surface area contributed by atoms with Crippen LogP contribution in [-0.4, -0.2) is 5.97 Å². The molecule has 0 bridgehead atoms. The highest BCUT2D eigenvalue weighted by Crippen LogP contribution is 2.34. The molecule has 0 N–H and O–H groups in total. The van der Waals surface area contributed by atoms with Crippen LogP contribution in [0.15, 0.2) is 24.3 Å². The molecule has 0 aliphatic heterocycles. The van der Waals surface area contributed by atoms with Gasteiger partial charge in [0.2, 0.25) is 0 Å². The third-order valence-corrected chi connectivity index (χ3v) is 7.86. The molecular weight excluding hydrogens is 440 g/mol. The molecule has 0 saturated heterocycles. The van der Waals surface area contributed by atoms with Gasteiger partial charge in [-0.25, -0.2) is 0 Å². The van der Waals surface area contributed by atoms with Crippen molar-refractivity contribution in [3.8, 4) is 5.75 Å². The van der Waals surface area contributed by atoms with Gasteiger partial charge in [0.25, 0.3) is 0 Å². The van der Waals surface area contributed by atoms with Crippen molar-refractivity contribution in [1.29, 1.82) is 0 Å². The predicted molar refractivity (Wildman–Crippen MR) is 158 cm³/mol. The van der Waals surface area contributed by atoms with E-state index in [-0.39, 0.29) is 11.4 Å². The molecule has 1 atom stereocenters. The maximum absolute atomic E-state index is 13.4. The Kier molecular flexibility index (Phi) is 19.8. The molecule has 1 unspecified atom stereocenters. The van der Waals surface area contributed by atoms with Crippen molar-refractivity contribution in [1.82, 2.24) is 0 Å². The van der Waals surface area contributed by atoms with Crippen LogP contribution in [0.25, 0.3) is 0 Å². The molecule has 0 fully saturated rings. The van der Waals surface area contributed by atoms with Crippen molar-refractivity contribution in [2.24, 2.45) is 5.41 Å². The van der Waals surface area contributed by atoms with Gasteiger partial charge in [-0.1, -0.05) is 148 Å². The lowest BCUT2D eigenvalue weighted by molar-refractivity contribution is -0.146. The number of ether oxygens (including phenoxy) is 1. The van der Waals surface area contributed by atoms with Crippen LogP contribution in [0.4, 0.5) is 0 Å². The molecule has 0 radical (unpaired) electrons. The van der Waals surface area contributed by atoms with Gasteiger partial charge in [0.05, 0.1) is 5.41 Å². The average molecular weight is 501 g/mol. The molecule has 0 saturated carbocycles. The van der Waals surface area contributed by atoms with Gasteiger partial charge in [0, 0.05) is 0 Å². The Bertz CT molecular complexity index is 635. The van der Waals surface area contributed by atoms with Crippen molar-refractivity contribution in [2.45, 2.75) is 169 Å². The lowest BCUT2D eigenvalue weighted by Crippen LogP contribution is -2.32. The molecule has 2 heteroatoms. The third-order valence-electron chi connectivity index (χ3n) is 7.86. The molecule has 0 amide bonds. The first-order valence-electron chi connectivity index (χ1n) is 15.9. The van der Waals surface area contributed by atoms with E-state index in [0.29, 0.717) is 5.75 Å². The first-order chi connectivity index (χ1) is 17.6. The third kappa shape index (κ3) is 15.7. The topological polar surface area (TPSA) is 26.3 Å². The number of aryl methyl sites for hydroxylation is 1. The zero-order chi connectivity index (χ0) is 26.3. The number of benzene rings is 1. The van der Waals surface area contributed by atoms with E-state index in [2.05, 4.69) is 39.8 Å². The minimum absolute atomic E-state index is 0.0219. The van der Waals surface area contributed by atoms with Crippen LogP contribution >= 0.6 is 0 Å². The SMILES string of the molecule is CCCCCCCCCCC(C)(CCCCCCCC)C(=O)Oc1ccc(CCCCCCC)cc1. The molecule has 0 aromatic heterocycles. The molecular formula is C34H60O2. The number of hydrogen-bond acceptors (Lipinski definition) is 2. The second kappa shape index (κ2) is 21.7. The number of carbonyl (C=O) groups is 1. The maximum atomic E-state index is 13.4. The van der Waals surface area contributed by atoms with E-state index in [4.69, 9.17) is 4.74 Å². The number of carbonyl (C=O) groups excluding carboxylic acids is 1. The van der Waals surface area contributed by atoms with Gasteiger partial charge in [-0.05, 0) is 50.3 Å². The first kappa shape index (κ1) is 32.7. The Morgan fingerprint density at radius 2 is 0.972 bits per heavy atom. The quantitative estimate of drug-likeness (QED) is 0.0801. The van der Waals surface area contributed by atoms with Crippen LogP contribution in [0.3, 0.4) is 0 Å². The summed E-state index contributed by atoms with van der Waals surface area (Å²) in [5.74, 6) is 0.686. The highest BCUT2D eigenvalue weighted by atomic mass is 16.5. The molecule has 36 heavy (non-hydrogen) atoms. The zero-order valence-electron chi connectivity index (χ0n) is 24.7. The van der Waals surface area contributed by atoms with Crippen LogP contribution in [-0.2, 0) is 11.2 Å². The van der Waals surface area contributed by atoms with Crippen molar-refractivity contribution in [3.63, 3.8) is 0 Å². The van der Waals surface area contributed by atoms with Gasteiger partial charge in [-0.15, -0.1) is 0 Å². The Morgan fingerprint density at radius 3 is 1.42 bits per heavy atom. The molecule has 2 nitrogen and oxygen atoms in total. The van der Waals surface area contributed by atoms with Crippen LogP contribution in [0.1, 0.15) is 168 Å². The Morgan fingerprint density at radius 1 is 0.583 bits per heavy atom. The molecule has 1 aromatic carbocycles. The second-order valence-corrected chi connectivity index (χ2v) is 11.5. The number of unbranched alkanes of at least 4 members (excludes halogenated alkanes) is 16. The Balaban J connectivity index is 2.54. The number of rotatable bonds is 24. The fraction of sp³-hybridized carbons (Fsp3) is 0.794. The molecule has 208 valence electrons. The largest absolute Gasteiger partial charge is 0.426 e. The van der Waals surface area contributed by atoms with E-state index >= 15 is 0 Å².